The summed E-state index contributed by atoms with van der Waals surface area (Å²) in [6.07, 6.45) is 2.83. The predicted molar refractivity (Wildman–Crippen MR) is 201 cm³/mol. The second-order valence-electron chi connectivity index (χ2n) is 15.5. The van der Waals surface area contributed by atoms with Crippen LogP contribution in [0.5, 0.6) is 0 Å². The van der Waals surface area contributed by atoms with Gasteiger partial charge < -0.3 is 15.1 Å². The summed E-state index contributed by atoms with van der Waals surface area (Å²) >= 11 is 0. The number of likely N-dealkylation sites (N-methyl/N-ethyl adjacent to an activating group) is 1. The molecule has 15 heteroatoms. The number of rotatable bonds is 6. The molecule has 6 atom stereocenters. The van der Waals surface area contributed by atoms with Crippen molar-refractivity contribution in [2.45, 2.75) is 108 Å². The first-order valence-electron chi connectivity index (χ1n) is 19.6. The normalized spacial score (nSPS) is 27.8. The van der Waals surface area contributed by atoms with E-state index in [-0.39, 0.29) is 38.1 Å². The van der Waals surface area contributed by atoms with E-state index in [1.165, 1.54) is 19.8 Å². The Hall–Kier alpha value is -4.86. The zero-order valence-corrected chi connectivity index (χ0v) is 31.9. The lowest BCUT2D eigenvalue weighted by molar-refractivity contribution is -0.190. The molecular weight excluding hydrogens is 704 g/mol. The van der Waals surface area contributed by atoms with E-state index in [1.54, 1.807) is 31.3 Å². The van der Waals surface area contributed by atoms with Crippen LogP contribution in [0.2, 0.25) is 0 Å². The topological polar surface area (TPSA) is 175 Å². The van der Waals surface area contributed by atoms with Gasteiger partial charge in [-0.05, 0) is 62.0 Å². The lowest BCUT2D eigenvalue weighted by Crippen LogP contribution is -2.68. The molecule has 4 saturated heterocycles. The molecular formula is C40H54N8O7. The fraction of sp³-hybridized carbons (Fsp3) is 0.550. The lowest BCUT2D eigenvalue weighted by atomic mass is 9.97. The molecule has 4 aliphatic rings. The van der Waals surface area contributed by atoms with Gasteiger partial charge in [0, 0.05) is 39.5 Å². The van der Waals surface area contributed by atoms with Gasteiger partial charge in [0.25, 0.3) is 17.7 Å². The van der Waals surface area contributed by atoms with E-state index in [1.807, 2.05) is 50.2 Å². The number of hydroxylamine groups is 2. The number of carbonyl (C=O) groups is 6. The molecule has 15 nitrogen and oxygen atoms in total. The first-order chi connectivity index (χ1) is 26.5. The van der Waals surface area contributed by atoms with E-state index < -0.39 is 71.7 Å². The summed E-state index contributed by atoms with van der Waals surface area (Å²) in [5.74, 6) is -3.66. The zero-order chi connectivity index (χ0) is 39.2. The van der Waals surface area contributed by atoms with Crippen LogP contribution < -0.4 is 16.2 Å². The number of hydrazine groups is 2. The number of carbonyl (C=O) groups excluding carboxylic acids is 6. The van der Waals surface area contributed by atoms with Crippen LogP contribution >= 0.6 is 0 Å². The van der Waals surface area contributed by atoms with Crippen LogP contribution in [0.15, 0.2) is 60.7 Å². The molecule has 0 spiro atoms. The first kappa shape index (κ1) is 39.8. The summed E-state index contributed by atoms with van der Waals surface area (Å²) in [7, 11) is 1.56. The standard InChI is InChI=1S/C40H54N8O7/c1-26(2)23-34-40(54)47-32(18-11-21-42-47)39(53)46-31(17-10-20-41-46)37(51)44(3)33(25-28-15-8-5-9-16-28)38(52)45-22-12-19-30(45)35(49)43-29(36(50)48(34)55)24-27-13-6-4-7-14-27/h4-9,13-16,26,29-34,41-42,55H,10-12,17-25H2,1-3H3,(H,43,49). The van der Waals surface area contributed by atoms with Crippen LogP contribution in [0.1, 0.15) is 69.9 Å². The number of amides is 6. The van der Waals surface area contributed by atoms with Gasteiger partial charge in [-0.1, -0.05) is 74.5 Å². The third-order valence-corrected chi connectivity index (χ3v) is 11.1. The summed E-state index contributed by atoms with van der Waals surface area (Å²) in [6.45, 7) is 4.76. The minimum Gasteiger partial charge on any atom is -0.342 e. The molecule has 6 unspecified atom stereocenters. The van der Waals surface area contributed by atoms with Gasteiger partial charge in [-0.2, -0.15) is 0 Å². The predicted octanol–water partition coefficient (Wildman–Crippen LogP) is 1.41. The number of hydrogen-bond donors (Lipinski definition) is 4. The Morgan fingerprint density at radius 3 is 1.80 bits per heavy atom. The summed E-state index contributed by atoms with van der Waals surface area (Å²) in [5.41, 5.74) is 7.67. The Bertz CT molecular complexity index is 1710. The minimum absolute atomic E-state index is 0.00466. The molecule has 0 saturated carbocycles. The van der Waals surface area contributed by atoms with Gasteiger partial charge in [-0.25, -0.2) is 15.9 Å². The fourth-order valence-corrected chi connectivity index (χ4v) is 8.21. The number of fused-ring (bicyclic) bond motifs is 3. The second-order valence-corrected chi connectivity index (χ2v) is 15.5. The number of nitrogens with one attached hydrogen (secondary N) is 3. The average molecular weight is 759 g/mol. The summed E-state index contributed by atoms with van der Waals surface area (Å²) < 4.78 is 0. The molecule has 4 N–H and O–H groups in total. The van der Waals surface area contributed by atoms with E-state index in [2.05, 4.69) is 16.2 Å². The van der Waals surface area contributed by atoms with Crippen molar-refractivity contribution in [3.8, 4) is 0 Å². The number of benzene rings is 2. The maximum absolute atomic E-state index is 14.7. The number of hydrogen-bond acceptors (Lipinski definition) is 9. The molecule has 6 amide bonds. The van der Waals surface area contributed by atoms with Crippen LogP contribution in [0.4, 0.5) is 0 Å². The zero-order valence-electron chi connectivity index (χ0n) is 31.9. The molecule has 0 radical (unpaired) electrons. The molecule has 55 heavy (non-hydrogen) atoms. The summed E-state index contributed by atoms with van der Waals surface area (Å²) in [4.78, 5) is 89.9. The highest BCUT2D eigenvalue weighted by Crippen LogP contribution is 2.26. The highest BCUT2D eigenvalue weighted by atomic mass is 16.5. The van der Waals surface area contributed by atoms with E-state index in [0.29, 0.717) is 55.8 Å². The van der Waals surface area contributed by atoms with E-state index in [0.717, 1.165) is 5.56 Å². The van der Waals surface area contributed by atoms with Crippen molar-refractivity contribution in [2.75, 3.05) is 26.7 Å². The molecule has 296 valence electrons. The Balaban J connectivity index is 1.44. The molecule has 0 bridgehead atoms. The van der Waals surface area contributed by atoms with Gasteiger partial charge in [0.2, 0.25) is 17.7 Å². The van der Waals surface area contributed by atoms with Crippen LogP contribution in [-0.4, -0.2) is 128 Å². The maximum atomic E-state index is 14.7. The molecule has 0 aliphatic carbocycles. The highest BCUT2D eigenvalue weighted by molar-refractivity contribution is 5.98. The summed E-state index contributed by atoms with van der Waals surface area (Å²) in [5, 5.41) is 17.5. The molecule has 6 rings (SSSR count). The Kier molecular flexibility index (Phi) is 12.8. The third-order valence-electron chi connectivity index (χ3n) is 11.1. The van der Waals surface area contributed by atoms with Crippen LogP contribution in [0.3, 0.4) is 0 Å². The third kappa shape index (κ3) is 8.84. The van der Waals surface area contributed by atoms with Crippen molar-refractivity contribution < 1.29 is 34.0 Å². The highest BCUT2D eigenvalue weighted by Gasteiger charge is 2.47. The van der Waals surface area contributed by atoms with Crippen molar-refractivity contribution in [1.82, 2.24) is 41.0 Å². The molecule has 4 heterocycles. The largest absolute Gasteiger partial charge is 0.342 e. The Morgan fingerprint density at radius 2 is 1.20 bits per heavy atom. The van der Waals surface area contributed by atoms with Crippen molar-refractivity contribution in [3.63, 3.8) is 0 Å². The Labute approximate surface area is 322 Å². The minimum atomic E-state index is -1.40. The average Bonchev–Trinajstić information content (AvgIpc) is 3.71. The van der Waals surface area contributed by atoms with Crippen molar-refractivity contribution in [3.05, 3.63) is 71.8 Å². The van der Waals surface area contributed by atoms with Gasteiger partial charge in [0.1, 0.15) is 36.3 Å². The molecule has 4 fully saturated rings. The van der Waals surface area contributed by atoms with Crippen molar-refractivity contribution >= 4 is 35.4 Å². The SMILES string of the molecule is CC(C)CC1C(=O)N2NCCCC2C(=O)N2NCCCC2C(=O)N(C)C(Cc2ccccc2)C(=O)N2CCCC2C(=O)NC(Cc2ccccc2)C(=O)N1O. The van der Waals surface area contributed by atoms with E-state index in [9.17, 15) is 34.0 Å². The van der Waals surface area contributed by atoms with Gasteiger partial charge in [0.05, 0.1) is 0 Å². The fourth-order valence-electron chi connectivity index (χ4n) is 8.21. The van der Waals surface area contributed by atoms with E-state index >= 15 is 0 Å². The maximum Gasteiger partial charge on any atom is 0.269 e. The quantitative estimate of drug-likeness (QED) is 0.318. The van der Waals surface area contributed by atoms with Crippen LogP contribution in [0.25, 0.3) is 0 Å². The number of nitrogens with zero attached hydrogens (tertiary/aromatic N) is 5. The van der Waals surface area contributed by atoms with E-state index in [4.69, 9.17) is 0 Å². The summed E-state index contributed by atoms with van der Waals surface area (Å²) in [6, 6.07) is 11.6. The molecule has 4 aliphatic heterocycles. The lowest BCUT2D eigenvalue weighted by Gasteiger charge is -2.44. The smallest absolute Gasteiger partial charge is 0.269 e. The van der Waals surface area contributed by atoms with Gasteiger partial charge >= 0.3 is 0 Å². The molecule has 2 aromatic rings. The molecule has 2 aromatic carbocycles. The van der Waals surface area contributed by atoms with Crippen molar-refractivity contribution in [1.29, 1.82) is 0 Å². The monoisotopic (exact) mass is 758 g/mol. The second kappa shape index (κ2) is 17.7. The Morgan fingerprint density at radius 1 is 0.655 bits per heavy atom. The van der Waals surface area contributed by atoms with Gasteiger partial charge in [-0.3, -0.25) is 44.0 Å². The van der Waals surface area contributed by atoms with Gasteiger partial charge in [-0.15, -0.1) is 0 Å². The van der Waals surface area contributed by atoms with Crippen LogP contribution in [-0.2, 0) is 41.6 Å². The first-order valence-corrected chi connectivity index (χ1v) is 19.6. The van der Waals surface area contributed by atoms with Crippen molar-refractivity contribution in [2.24, 2.45) is 5.92 Å². The molecule has 0 aromatic heterocycles. The van der Waals surface area contributed by atoms with Crippen LogP contribution in [0, 0.1) is 5.92 Å². The van der Waals surface area contributed by atoms with Gasteiger partial charge in [0.15, 0.2) is 0 Å².